The van der Waals surface area contributed by atoms with Gasteiger partial charge in [0.25, 0.3) is 0 Å². The molecule has 2 rings (SSSR count). The molecule has 0 aliphatic carbocycles. The highest BCUT2D eigenvalue weighted by Gasteiger charge is 2.11. The van der Waals surface area contributed by atoms with Gasteiger partial charge in [0.15, 0.2) is 11.5 Å². The number of para-hydroxylation sites is 2. The highest BCUT2D eigenvalue weighted by atomic mass is 35.5. The SMILES string of the molecule is NC(COc1ccccc1O)c1ccccc1Cl. The molecule has 0 aliphatic heterocycles. The molecule has 3 nitrogen and oxygen atoms in total. The zero-order valence-electron chi connectivity index (χ0n) is 9.71. The lowest BCUT2D eigenvalue weighted by molar-refractivity contribution is 0.277. The Kier molecular flexibility index (Phi) is 4.07. The second kappa shape index (κ2) is 5.76. The number of ether oxygens (including phenoxy) is 1. The molecule has 18 heavy (non-hydrogen) atoms. The van der Waals surface area contributed by atoms with Gasteiger partial charge in [0, 0.05) is 5.02 Å². The molecule has 0 saturated carbocycles. The fourth-order valence-corrected chi connectivity index (χ4v) is 1.90. The molecule has 3 N–H and O–H groups in total. The summed E-state index contributed by atoms with van der Waals surface area (Å²) in [7, 11) is 0. The van der Waals surface area contributed by atoms with Crippen LogP contribution in [0, 0.1) is 0 Å². The summed E-state index contributed by atoms with van der Waals surface area (Å²) >= 11 is 6.05. The van der Waals surface area contributed by atoms with Gasteiger partial charge in [-0.15, -0.1) is 0 Å². The van der Waals surface area contributed by atoms with Crippen molar-refractivity contribution in [1.29, 1.82) is 0 Å². The molecule has 0 heterocycles. The van der Waals surface area contributed by atoms with Gasteiger partial charge in [-0.2, -0.15) is 0 Å². The van der Waals surface area contributed by atoms with Crippen molar-refractivity contribution in [3.05, 3.63) is 59.1 Å². The molecule has 0 amide bonds. The minimum Gasteiger partial charge on any atom is -0.504 e. The van der Waals surface area contributed by atoms with Gasteiger partial charge >= 0.3 is 0 Å². The van der Waals surface area contributed by atoms with Gasteiger partial charge in [0.2, 0.25) is 0 Å². The van der Waals surface area contributed by atoms with E-state index in [1.165, 1.54) is 0 Å². The van der Waals surface area contributed by atoms with Crippen molar-refractivity contribution >= 4 is 11.6 Å². The Balaban J connectivity index is 2.03. The van der Waals surface area contributed by atoms with Gasteiger partial charge in [-0.05, 0) is 23.8 Å². The molecule has 1 atom stereocenters. The van der Waals surface area contributed by atoms with Gasteiger partial charge in [-0.3, -0.25) is 0 Å². The third-order valence-electron chi connectivity index (χ3n) is 2.59. The molecule has 0 bridgehead atoms. The molecule has 0 aromatic heterocycles. The first-order valence-corrected chi connectivity index (χ1v) is 5.97. The topological polar surface area (TPSA) is 55.5 Å². The van der Waals surface area contributed by atoms with E-state index in [1.54, 1.807) is 30.3 Å². The number of halogens is 1. The third kappa shape index (κ3) is 2.94. The molecular weight excluding hydrogens is 250 g/mol. The molecule has 2 aromatic carbocycles. The number of hydrogen-bond donors (Lipinski definition) is 2. The molecular formula is C14H14ClNO2. The molecule has 4 heteroatoms. The van der Waals surface area contributed by atoms with Crippen LogP contribution in [0.1, 0.15) is 11.6 Å². The van der Waals surface area contributed by atoms with Crippen LogP contribution in [0.4, 0.5) is 0 Å². The highest BCUT2D eigenvalue weighted by Crippen LogP contribution is 2.26. The molecule has 0 fully saturated rings. The van der Waals surface area contributed by atoms with E-state index < -0.39 is 0 Å². The zero-order valence-corrected chi connectivity index (χ0v) is 10.5. The van der Waals surface area contributed by atoms with Gasteiger partial charge < -0.3 is 15.6 Å². The van der Waals surface area contributed by atoms with Crippen LogP contribution in [0.5, 0.6) is 11.5 Å². The lowest BCUT2D eigenvalue weighted by Crippen LogP contribution is -2.19. The van der Waals surface area contributed by atoms with Gasteiger partial charge in [0.1, 0.15) is 6.61 Å². The first-order valence-electron chi connectivity index (χ1n) is 5.59. The summed E-state index contributed by atoms with van der Waals surface area (Å²) in [4.78, 5) is 0. The Labute approximate surface area is 111 Å². The number of phenols is 1. The van der Waals surface area contributed by atoms with Crippen molar-refractivity contribution in [3.63, 3.8) is 0 Å². The number of phenolic OH excluding ortho intramolecular Hbond substituents is 1. The van der Waals surface area contributed by atoms with E-state index in [0.29, 0.717) is 10.8 Å². The summed E-state index contributed by atoms with van der Waals surface area (Å²) in [5.41, 5.74) is 6.83. The Morgan fingerprint density at radius 3 is 2.50 bits per heavy atom. The van der Waals surface area contributed by atoms with E-state index in [1.807, 2.05) is 18.2 Å². The summed E-state index contributed by atoms with van der Waals surface area (Å²) < 4.78 is 5.47. The minimum absolute atomic E-state index is 0.101. The van der Waals surface area contributed by atoms with Crippen LogP contribution in [0.2, 0.25) is 5.02 Å². The van der Waals surface area contributed by atoms with E-state index in [-0.39, 0.29) is 18.4 Å². The van der Waals surface area contributed by atoms with Crippen molar-refractivity contribution in [2.24, 2.45) is 5.73 Å². The fourth-order valence-electron chi connectivity index (χ4n) is 1.62. The maximum absolute atomic E-state index is 9.56. The zero-order chi connectivity index (χ0) is 13.0. The number of rotatable bonds is 4. The van der Waals surface area contributed by atoms with Crippen LogP contribution in [-0.2, 0) is 0 Å². The molecule has 0 spiro atoms. The predicted octanol–water partition coefficient (Wildman–Crippen LogP) is 3.12. The average molecular weight is 264 g/mol. The summed E-state index contributed by atoms with van der Waals surface area (Å²) in [6.07, 6.45) is 0. The Bertz CT molecular complexity index is 531. The number of hydrogen-bond acceptors (Lipinski definition) is 3. The summed E-state index contributed by atoms with van der Waals surface area (Å²) in [5, 5.41) is 10.2. The Morgan fingerprint density at radius 2 is 1.78 bits per heavy atom. The molecule has 94 valence electrons. The third-order valence-corrected chi connectivity index (χ3v) is 2.93. The van der Waals surface area contributed by atoms with Crippen LogP contribution in [-0.4, -0.2) is 11.7 Å². The number of benzene rings is 2. The highest BCUT2D eigenvalue weighted by molar-refractivity contribution is 6.31. The van der Waals surface area contributed by atoms with Gasteiger partial charge in [0.05, 0.1) is 6.04 Å². The molecule has 0 radical (unpaired) electrons. The van der Waals surface area contributed by atoms with E-state index in [0.717, 1.165) is 5.56 Å². The Hall–Kier alpha value is -1.71. The summed E-state index contributed by atoms with van der Waals surface area (Å²) in [6.45, 7) is 0.251. The summed E-state index contributed by atoms with van der Waals surface area (Å²) in [5.74, 6) is 0.517. The van der Waals surface area contributed by atoms with E-state index in [4.69, 9.17) is 22.1 Å². The van der Waals surface area contributed by atoms with Crippen molar-refractivity contribution in [2.45, 2.75) is 6.04 Å². The first-order chi connectivity index (χ1) is 8.68. The van der Waals surface area contributed by atoms with Crippen molar-refractivity contribution in [3.8, 4) is 11.5 Å². The monoisotopic (exact) mass is 263 g/mol. The van der Waals surface area contributed by atoms with Crippen LogP contribution in [0.3, 0.4) is 0 Å². The lowest BCUT2D eigenvalue weighted by Gasteiger charge is -2.15. The molecule has 0 aliphatic rings. The second-order valence-corrected chi connectivity index (χ2v) is 4.31. The van der Waals surface area contributed by atoms with Crippen LogP contribution >= 0.6 is 11.6 Å². The maximum Gasteiger partial charge on any atom is 0.161 e. The minimum atomic E-state index is -0.335. The normalized spacial score (nSPS) is 12.1. The van der Waals surface area contributed by atoms with E-state index in [2.05, 4.69) is 0 Å². The summed E-state index contributed by atoms with van der Waals surface area (Å²) in [6, 6.07) is 13.8. The fraction of sp³-hybridized carbons (Fsp3) is 0.143. The van der Waals surface area contributed by atoms with Crippen LogP contribution in [0.15, 0.2) is 48.5 Å². The number of nitrogens with two attached hydrogens (primary N) is 1. The average Bonchev–Trinajstić information content (AvgIpc) is 2.38. The maximum atomic E-state index is 9.56. The quantitative estimate of drug-likeness (QED) is 0.891. The molecule has 1 unspecified atom stereocenters. The Morgan fingerprint density at radius 1 is 1.11 bits per heavy atom. The predicted molar refractivity (Wildman–Crippen MR) is 72.0 cm³/mol. The van der Waals surface area contributed by atoms with Gasteiger partial charge in [-0.1, -0.05) is 41.9 Å². The van der Waals surface area contributed by atoms with Crippen LogP contribution < -0.4 is 10.5 Å². The lowest BCUT2D eigenvalue weighted by atomic mass is 10.1. The smallest absolute Gasteiger partial charge is 0.161 e. The molecule has 0 saturated heterocycles. The van der Waals surface area contributed by atoms with E-state index >= 15 is 0 Å². The standard InChI is InChI=1S/C14H14ClNO2/c15-11-6-2-1-5-10(11)12(16)9-18-14-8-4-3-7-13(14)17/h1-8,12,17H,9,16H2. The van der Waals surface area contributed by atoms with E-state index in [9.17, 15) is 5.11 Å². The van der Waals surface area contributed by atoms with Crippen LogP contribution in [0.25, 0.3) is 0 Å². The second-order valence-electron chi connectivity index (χ2n) is 3.91. The number of aromatic hydroxyl groups is 1. The van der Waals surface area contributed by atoms with Crippen molar-refractivity contribution in [2.75, 3.05) is 6.61 Å². The van der Waals surface area contributed by atoms with Crippen molar-refractivity contribution < 1.29 is 9.84 Å². The van der Waals surface area contributed by atoms with Crippen molar-refractivity contribution in [1.82, 2.24) is 0 Å². The van der Waals surface area contributed by atoms with Gasteiger partial charge in [-0.25, -0.2) is 0 Å². The first kappa shape index (κ1) is 12.7. The largest absolute Gasteiger partial charge is 0.504 e. The molecule has 2 aromatic rings.